The Morgan fingerprint density at radius 2 is 1.82 bits per heavy atom. The second-order valence-corrected chi connectivity index (χ2v) is 11.8. The van der Waals surface area contributed by atoms with Crippen molar-refractivity contribution < 1.29 is 23.5 Å². The number of aromatic nitrogens is 2. The maximum Gasteiger partial charge on any atom is 0.410 e. The normalized spacial score (nSPS) is 18.6. The molecule has 1 atom stereocenters. The number of hydrogen-bond acceptors (Lipinski definition) is 8. The maximum atomic E-state index is 13.2. The first-order chi connectivity index (χ1) is 18.2. The fraction of sp³-hybridized carbons (Fsp3) is 0.357. The minimum Gasteiger partial charge on any atom is -0.457 e. The van der Waals surface area contributed by atoms with Crippen LogP contribution in [0.4, 0.5) is 4.79 Å². The summed E-state index contributed by atoms with van der Waals surface area (Å²) < 4.78 is 17.8. The first kappa shape index (κ1) is 24.4. The van der Waals surface area contributed by atoms with E-state index in [9.17, 15) is 9.59 Å². The van der Waals surface area contributed by atoms with Gasteiger partial charge in [0.1, 0.15) is 27.5 Å². The largest absolute Gasteiger partial charge is 0.457 e. The standard InChI is InChI=1S/C28H28N4O5S/c1-27(2,3)37-26(34)32-15-28(16-32)14-31(25(33)23-12-29-17-38-23)13-20(28)24-30-21-10-9-19(11-22(21)36-24)35-18-7-5-4-6-8-18/h4-12,17,20H,13-16H2,1-3H3. The third-order valence-corrected chi connectivity index (χ3v) is 7.66. The molecule has 38 heavy (non-hydrogen) atoms. The van der Waals surface area contributed by atoms with Gasteiger partial charge in [0.15, 0.2) is 5.58 Å². The fourth-order valence-electron chi connectivity index (χ4n) is 5.19. The lowest BCUT2D eigenvalue weighted by molar-refractivity contribution is -0.0372. The Morgan fingerprint density at radius 1 is 1.05 bits per heavy atom. The fourth-order valence-corrected chi connectivity index (χ4v) is 5.78. The highest BCUT2D eigenvalue weighted by atomic mass is 32.1. The van der Waals surface area contributed by atoms with Crippen LogP contribution in [0.3, 0.4) is 0 Å². The number of oxazole rings is 1. The van der Waals surface area contributed by atoms with Gasteiger partial charge >= 0.3 is 6.09 Å². The van der Waals surface area contributed by atoms with E-state index in [0.29, 0.717) is 53.8 Å². The lowest BCUT2D eigenvalue weighted by Gasteiger charge is -2.49. The lowest BCUT2D eigenvalue weighted by atomic mass is 9.71. The van der Waals surface area contributed by atoms with E-state index < -0.39 is 5.60 Å². The molecule has 0 saturated carbocycles. The molecule has 2 fully saturated rings. The Hall–Kier alpha value is -3.92. The van der Waals surface area contributed by atoms with E-state index in [4.69, 9.17) is 18.9 Å². The quantitative estimate of drug-likeness (QED) is 0.340. The zero-order valence-electron chi connectivity index (χ0n) is 21.4. The molecule has 2 aromatic carbocycles. The van der Waals surface area contributed by atoms with Gasteiger partial charge in [-0.25, -0.2) is 9.78 Å². The van der Waals surface area contributed by atoms with E-state index in [-0.39, 0.29) is 23.3 Å². The van der Waals surface area contributed by atoms with Crippen LogP contribution in [-0.2, 0) is 4.74 Å². The number of para-hydroxylation sites is 1. The maximum absolute atomic E-state index is 13.2. The molecule has 2 aromatic heterocycles. The number of thiazole rings is 1. The highest BCUT2D eigenvalue weighted by molar-refractivity contribution is 7.11. The highest BCUT2D eigenvalue weighted by Gasteiger charge is 2.59. The molecule has 9 nitrogen and oxygen atoms in total. The van der Waals surface area contributed by atoms with Crippen molar-refractivity contribution in [3.8, 4) is 11.5 Å². The molecular formula is C28H28N4O5S. The number of carbonyl (C=O) groups excluding carboxylic acids is 2. The van der Waals surface area contributed by atoms with Crippen LogP contribution in [0.5, 0.6) is 11.5 Å². The molecule has 2 aliphatic rings. The summed E-state index contributed by atoms with van der Waals surface area (Å²) in [5.74, 6) is 1.69. The minimum absolute atomic E-state index is 0.0697. The van der Waals surface area contributed by atoms with Gasteiger partial charge in [-0.15, -0.1) is 11.3 Å². The SMILES string of the molecule is CC(C)(C)OC(=O)N1CC2(C1)CN(C(=O)c1cncs1)CC2c1nc2ccc(Oc3ccccc3)cc2o1. The second kappa shape index (κ2) is 9.13. The third-order valence-electron chi connectivity index (χ3n) is 6.89. The van der Waals surface area contributed by atoms with E-state index >= 15 is 0 Å². The van der Waals surface area contributed by atoms with Gasteiger partial charge in [-0.05, 0) is 45.0 Å². The summed E-state index contributed by atoms with van der Waals surface area (Å²) in [7, 11) is 0. The summed E-state index contributed by atoms with van der Waals surface area (Å²) >= 11 is 1.32. The van der Waals surface area contributed by atoms with Crippen LogP contribution in [0.2, 0.25) is 0 Å². The molecule has 4 heterocycles. The summed E-state index contributed by atoms with van der Waals surface area (Å²) in [6, 6.07) is 15.1. The van der Waals surface area contributed by atoms with E-state index in [1.165, 1.54) is 11.3 Å². The Balaban J connectivity index is 1.27. The zero-order valence-corrected chi connectivity index (χ0v) is 22.2. The minimum atomic E-state index is -0.580. The molecule has 1 spiro atoms. The predicted octanol–water partition coefficient (Wildman–Crippen LogP) is 5.55. The molecule has 1 unspecified atom stereocenters. The van der Waals surface area contributed by atoms with Crippen LogP contribution in [-0.4, -0.2) is 63.5 Å². The van der Waals surface area contributed by atoms with Crippen LogP contribution in [0, 0.1) is 5.41 Å². The van der Waals surface area contributed by atoms with Crippen molar-refractivity contribution in [3.05, 3.63) is 71.0 Å². The zero-order chi connectivity index (χ0) is 26.5. The highest BCUT2D eigenvalue weighted by Crippen LogP contribution is 2.50. The first-order valence-corrected chi connectivity index (χ1v) is 13.4. The van der Waals surface area contributed by atoms with Crippen LogP contribution < -0.4 is 4.74 Å². The van der Waals surface area contributed by atoms with Crippen molar-refractivity contribution in [3.63, 3.8) is 0 Å². The summed E-state index contributed by atoms with van der Waals surface area (Å²) in [6.45, 7) is 7.40. The number of carbonyl (C=O) groups is 2. The molecule has 196 valence electrons. The van der Waals surface area contributed by atoms with Gasteiger partial charge in [-0.2, -0.15) is 0 Å². The van der Waals surface area contributed by atoms with E-state index in [0.717, 1.165) is 5.75 Å². The Morgan fingerprint density at radius 3 is 2.53 bits per heavy atom. The summed E-state index contributed by atoms with van der Waals surface area (Å²) in [6.07, 6.45) is 1.24. The Kier molecular flexibility index (Phi) is 5.86. The molecule has 2 amide bonds. The van der Waals surface area contributed by atoms with Crippen molar-refractivity contribution in [1.29, 1.82) is 0 Å². The molecule has 6 rings (SSSR count). The van der Waals surface area contributed by atoms with Crippen molar-refractivity contribution in [1.82, 2.24) is 19.8 Å². The average Bonchev–Trinajstić information content (AvgIpc) is 3.60. The van der Waals surface area contributed by atoms with Crippen molar-refractivity contribution >= 4 is 34.4 Å². The Labute approximate surface area is 224 Å². The number of likely N-dealkylation sites (tertiary alicyclic amines) is 2. The second-order valence-electron chi connectivity index (χ2n) is 10.9. The van der Waals surface area contributed by atoms with Gasteiger partial charge < -0.3 is 23.7 Å². The van der Waals surface area contributed by atoms with Crippen LogP contribution in [0.15, 0.2) is 64.7 Å². The van der Waals surface area contributed by atoms with Gasteiger partial charge in [0.2, 0.25) is 5.89 Å². The molecule has 0 aliphatic carbocycles. The van der Waals surface area contributed by atoms with Crippen molar-refractivity contribution in [2.24, 2.45) is 5.41 Å². The number of rotatable bonds is 4. The predicted molar refractivity (Wildman–Crippen MR) is 142 cm³/mol. The first-order valence-electron chi connectivity index (χ1n) is 12.5. The molecule has 0 radical (unpaired) electrons. The van der Waals surface area contributed by atoms with Crippen LogP contribution in [0.25, 0.3) is 11.1 Å². The van der Waals surface area contributed by atoms with Gasteiger partial charge in [0.25, 0.3) is 5.91 Å². The molecular weight excluding hydrogens is 504 g/mol. The summed E-state index contributed by atoms with van der Waals surface area (Å²) in [5, 5.41) is 0. The molecule has 10 heteroatoms. The van der Waals surface area contributed by atoms with Gasteiger partial charge in [-0.1, -0.05) is 18.2 Å². The molecule has 4 aromatic rings. The molecule has 0 bridgehead atoms. The smallest absolute Gasteiger partial charge is 0.410 e. The van der Waals surface area contributed by atoms with E-state index in [2.05, 4.69) is 4.98 Å². The number of nitrogens with zero attached hydrogens (tertiary/aromatic N) is 4. The van der Waals surface area contributed by atoms with Crippen LogP contribution in [0.1, 0.15) is 42.3 Å². The average molecular weight is 533 g/mol. The summed E-state index contributed by atoms with van der Waals surface area (Å²) in [4.78, 5) is 38.9. The third kappa shape index (κ3) is 4.60. The lowest BCUT2D eigenvalue weighted by Crippen LogP contribution is -2.62. The number of ether oxygens (including phenoxy) is 2. The number of fused-ring (bicyclic) bond motifs is 1. The van der Waals surface area contributed by atoms with Gasteiger partial charge in [0, 0.05) is 37.7 Å². The van der Waals surface area contributed by atoms with E-state index in [1.54, 1.807) is 16.6 Å². The number of hydrogen-bond donors (Lipinski definition) is 0. The molecule has 2 saturated heterocycles. The Bertz CT molecular complexity index is 1470. The van der Waals surface area contributed by atoms with Crippen LogP contribution >= 0.6 is 11.3 Å². The van der Waals surface area contributed by atoms with Crippen molar-refractivity contribution in [2.45, 2.75) is 32.3 Å². The molecule has 0 N–H and O–H groups in total. The number of benzene rings is 2. The van der Waals surface area contributed by atoms with Gasteiger partial charge in [0.05, 0.1) is 17.6 Å². The van der Waals surface area contributed by atoms with Crippen molar-refractivity contribution in [2.75, 3.05) is 26.2 Å². The van der Waals surface area contributed by atoms with E-state index in [1.807, 2.05) is 74.2 Å². The van der Waals surface area contributed by atoms with Gasteiger partial charge in [-0.3, -0.25) is 9.78 Å². The topological polar surface area (TPSA) is 98.0 Å². The monoisotopic (exact) mass is 532 g/mol. The number of amides is 2. The summed E-state index contributed by atoms with van der Waals surface area (Å²) in [5.41, 5.74) is 2.02. The molecule has 2 aliphatic heterocycles.